The topological polar surface area (TPSA) is 105 Å². The van der Waals surface area contributed by atoms with Crippen molar-refractivity contribution in [3.63, 3.8) is 0 Å². The van der Waals surface area contributed by atoms with Crippen LogP contribution in [0.4, 0.5) is 23.1 Å². The van der Waals surface area contributed by atoms with Crippen molar-refractivity contribution in [3.05, 3.63) is 78.8 Å². The fraction of sp³-hybridized carbons (Fsp3) is 0.208. The zero-order valence-corrected chi connectivity index (χ0v) is 19.5. The van der Waals surface area contributed by atoms with Gasteiger partial charge in [-0.3, -0.25) is 4.72 Å². The van der Waals surface area contributed by atoms with E-state index < -0.39 is 10.0 Å². The maximum Gasteiger partial charge on any atom is 0.261 e. The Balaban J connectivity index is 1.27. The molecule has 0 aliphatic carbocycles. The van der Waals surface area contributed by atoms with E-state index in [9.17, 15) is 8.42 Å². The summed E-state index contributed by atoms with van der Waals surface area (Å²) < 4.78 is 29.9. The number of anilines is 4. The lowest BCUT2D eigenvalue weighted by Gasteiger charge is -2.17. The van der Waals surface area contributed by atoms with E-state index in [-0.39, 0.29) is 4.90 Å². The molecule has 0 radical (unpaired) electrons. The fourth-order valence-electron chi connectivity index (χ4n) is 3.86. The van der Waals surface area contributed by atoms with Gasteiger partial charge in [0, 0.05) is 48.6 Å². The Kier molecular flexibility index (Phi) is 5.89. The SMILES string of the molecule is Cc1cc(Nc2ccc(NS(=O)(=O)c3ccc(-n4cccn4)cc3)cc2)nc(N2CCCC2)n1. The van der Waals surface area contributed by atoms with E-state index in [0.717, 1.165) is 48.9 Å². The van der Waals surface area contributed by atoms with E-state index in [1.165, 1.54) is 0 Å². The van der Waals surface area contributed by atoms with E-state index in [0.29, 0.717) is 11.5 Å². The molecular weight excluding hydrogens is 450 g/mol. The third-order valence-electron chi connectivity index (χ3n) is 5.56. The Morgan fingerprint density at radius 1 is 0.912 bits per heavy atom. The highest BCUT2D eigenvalue weighted by atomic mass is 32.2. The highest BCUT2D eigenvalue weighted by Crippen LogP contribution is 2.23. The van der Waals surface area contributed by atoms with Crippen LogP contribution in [0.2, 0.25) is 0 Å². The van der Waals surface area contributed by atoms with Crippen molar-refractivity contribution in [3.8, 4) is 5.69 Å². The number of aryl methyl sites for hydroxylation is 1. The highest BCUT2D eigenvalue weighted by Gasteiger charge is 2.17. The normalized spacial score (nSPS) is 13.7. The van der Waals surface area contributed by atoms with Gasteiger partial charge in [0.1, 0.15) is 5.82 Å². The van der Waals surface area contributed by atoms with Crippen LogP contribution in [0.1, 0.15) is 18.5 Å². The van der Waals surface area contributed by atoms with Crippen molar-refractivity contribution in [1.82, 2.24) is 19.7 Å². The van der Waals surface area contributed by atoms with Gasteiger partial charge in [-0.2, -0.15) is 10.1 Å². The van der Waals surface area contributed by atoms with Crippen molar-refractivity contribution in [2.24, 2.45) is 0 Å². The van der Waals surface area contributed by atoms with E-state index >= 15 is 0 Å². The molecular formula is C24H25N7O2S. The number of sulfonamides is 1. The molecule has 10 heteroatoms. The lowest BCUT2D eigenvalue weighted by atomic mass is 10.3. The summed E-state index contributed by atoms with van der Waals surface area (Å²) in [6.45, 7) is 3.90. The molecule has 0 atom stereocenters. The largest absolute Gasteiger partial charge is 0.341 e. The fourth-order valence-corrected chi connectivity index (χ4v) is 4.92. The maximum absolute atomic E-state index is 12.8. The summed E-state index contributed by atoms with van der Waals surface area (Å²) in [7, 11) is -3.72. The minimum Gasteiger partial charge on any atom is -0.341 e. The van der Waals surface area contributed by atoms with Crippen LogP contribution in [0.25, 0.3) is 5.69 Å². The van der Waals surface area contributed by atoms with Crippen molar-refractivity contribution in [2.75, 3.05) is 28.0 Å². The average Bonchev–Trinajstić information content (AvgIpc) is 3.55. The van der Waals surface area contributed by atoms with Gasteiger partial charge in [-0.15, -0.1) is 0 Å². The van der Waals surface area contributed by atoms with Gasteiger partial charge < -0.3 is 10.2 Å². The second-order valence-electron chi connectivity index (χ2n) is 8.14. The van der Waals surface area contributed by atoms with Gasteiger partial charge in [-0.05, 0) is 74.4 Å². The van der Waals surface area contributed by atoms with Gasteiger partial charge in [-0.25, -0.2) is 18.1 Å². The summed E-state index contributed by atoms with van der Waals surface area (Å²) in [5.41, 5.74) is 2.95. The van der Waals surface area contributed by atoms with Gasteiger partial charge in [0.2, 0.25) is 5.95 Å². The molecule has 1 aliphatic heterocycles. The first-order chi connectivity index (χ1) is 16.5. The first kappa shape index (κ1) is 21.9. The third-order valence-corrected chi connectivity index (χ3v) is 6.95. The summed E-state index contributed by atoms with van der Waals surface area (Å²) in [6.07, 6.45) is 5.79. The van der Waals surface area contributed by atoms with Crippen LogP contribution < -0.4 is 14.9 Å². The third kappa shape index (κ3) is 4.86. The molecule has 2 aromatic carbocycles. The molecule has 174 valence electrons. The van der Waals surface area contributed by atoms with E-state index in [4.69, 9.17) is 0 Å². The van der Waals surface area contributed by atoms with Crippen molar-refractivity contribution in [2.45, 2.75) is 24.7 Å². The van der Waals surface area contributed by atoms with Gasteiger partial charge in [0.15, 0.2) is 0 Å². The molecule has 2 aromatic heterocycles. The van der Waals surface area contributed by atoms with Crippen molar-refractivity contribution in [1.29, 1.82) is 0 Å². The van der Waals surface area contributed by atoms with Crippen LogP contribution in [0, 0.1) is 6.92 Å². The Bertz CT molecular complexity index is 1360. The molecule has 1 aliphatic rings. The zero-order valence-electron chi connectivity index (χ0n) is 18.7. The molecule has 34 heavy (non-hydrogen) atoms. The standard InChI is InChI=1S/C24H25N7O2S/c1-18-17-23(28-24(26-18)30-14-2-3-15-30)27-19-5-7-20(8-6-19)29-34(32,33)22-11-9-21(10-12-22)31-16-4-13-25-31/h4-13,16-17,29H,2-3,14-15H2,1H3,(H,26,27,28). The molecule has 0 unspecified atom stereocenters. The lowest BCUT2D eigenvalue weighted by Crippen LogP contribution is -2.21. The van der Waals surface area contributed by atoms with Gasteiger partial charge in [0.05, 0.1) is 10.6 Å². The quantitative estimate of drug-likeness (QED) is 0.414. The molecule has 0 amide bonds. The Morgan fingerprint density at radius 2 is 1.62 bits per heavy atom. The summed E-state index contributed by atoms with van der Waals surface area (Å²) in [5, 5.41) is 7.44. The molecule has 5 rings (SSSR count). The Morgan fingerprint density at radius 3 is 2.29 bits per heavy atom. The molecule has 9 nitrogen and oxygen atoms in total. The molecule has 0 bridgehead atoms. The minimum atomic E-state index is -3.72. The number of aromatic nitrogens is 4. The highest BCUT2D eigenvalue weighted by molar-refractivity contribution is 7.92. The van der Waals surface area contributed by atoms with E-state index in [1.807, 2.05) is 31.2 Å². The number of hydrogen-bond acceptors (Lipinski definition) is 7. The molecule has 1 fully saturated rings. The van der Waals surface area contributed by atoms with Crippen LogP contribution in [0.5, 0.6) is 0 Å². The number of nitrogens with zero attached hydrogens (tertiary/aromatic N) is 5. The van der Waals surface area contributed by atoms with E-state index in [2.05, 4.69) is 30.0 Å². The Hall–Kier alpha value is -3.92. The number of nitrogens with one attached hydrogen (secondary N) is 2. The van der Waals surface area contributed by atoms with Gasteiger partial charge in [-0.1, -0.05) is 0 Å². The van der Waals surface area contributed by atoms with E-state index in [1.54, 1.807) is 53.5 Å². The van der Waals surface area contributed by atoms with Crippen LogP contribution in [-0.4, -0.2) is 41.3 Å². The van der Waals surface area contributed by atoms with Crippen molar-refractivity contribution >= 4 is 33.2 Å². The average molecular weight is 476 g/mol. The molecule has 0 spiro atoms. The molecule has 4 aromatic rings. The van der Waals surface area contributed by atoms with Crippen LogP contribution in [0.3, 0.4) is 0 Å². The first-order valence-corrected chi connectivity index (χ1v) is 12.6. The second-order valence-corrected chi connectivity index (χ2v) is 9.82. The molecule has 1 saturated heterocycles. The van der Waals surface area contributed by atoms with Crippen LogP contribution >= 0.6 is 0 Å². The number of hydrogen-bond donors (Lipinski definition) is 2. The Labute approximate surface area is 198 Å². The molecule has 2 N–H and O–H groups in total. The number of benzene rings is 2. The summed E-state index contributed by atoms with van der Waals surface area (Å²) in [4.78, 5) is 11.6. The monoisotopic (exact) mass is 475 g/mol. The summed E-state index contributed by atoms with van der Waals surface area (Å²) >= 11 is 0. The molecule has 0 saturated carbocycles. The maximum atomic E-state index is 12.8. The van der Waals surface area contributed by atoms with Gasteiger partial charge in [0.25, 0.3) is 10.0 Å². The van der Waals surface area contributed by atoms with Crippen molar-refractivity contribution < 1.29 is 8.42 Å². The summed E-state index contributed by atoms with van der Waals surface area (Å²) in [5.74, 6) is 1.45. The summed E-state index contributed by atoms with van der Waals surface area (Å²) in [6, 6.07) is 17.3. The minimum absolute atomic E-state index is 0.177. The number of rotatable bonds is 7. The second kappa shape index (κ2) is 9.14. The van der Waals surface area contributed by atoms with Gasteiger partial charge >= 0.3 is 0 Å². The zero-order chi connectivity index (χ0) is 23.5. The smallest absolute Gasteiger partial charge is 0.261 e. The predicted octanol–water partition coefficient (Wildman–Crippen LogP) is 4.12. The van der Waals surface area contributed by atoms with Crippen LogP contribution in [0.15, 0.2) is 78.0 Å². The lowest BCUT2D eigenvalue weighted by molar-refractivity contribution is 0.601. The van der Waals surface area contributed by atoms with Crippen LogP contribution in [-0.2, 0) is 10.0 Å². The predicted molar refractivity (Wildman–Crippen MR) is 132 cm³/mol. The molecule has 3 heterocycles. The first-order valence-electron chi connectivity index (χ1n) is 11.1.